The minimum atomic E-state index is 0.0000253. The molecule has 2 saturated heterocycles. The third kappa shape index (κ3) is 3.32. The highest BCUT2D eigenvalue weighted by molar-refractivity contribution is 7.15. The van der Waals surface area contributed by atoms with Crippen LogP contribution in [0, 0.1) is 0 Å². The zero-order valence-electron chi connectivity index (χ0n) is 15.0. The molecule has 0 saturated carbocycles. The number of ether oxygens (including phenoxy) is 1. The summed E-state index contributed by atoms with van der Waals surface area (Å²) in [5.41, 5.74) is 2.18. The van der Waals surface area contributed by atoms with Crippen molar-refractivity contribution in [3.63, 3.8) is 0 Å². The summed E-state index contributed by atoms with van der Waals surface area (Å²) in [5.74, 6) is 0. The molecule has 3 aromatic rings. The van der Waals surface area contributed by atoms with E-state index in [9.17, 15) is 4.79 Å². The predicted molar refractivity (Wildman–Crippen MR) is 105 cm³/mol. The van der Waals surface area contributed by atoms with Crippen molar-refractivity contribution in [2.24, 2.45) is 0 Å². The molecule has 2 aliphatic rings. The molecule has 2 fully saturated rings. The third-order valence-electron chi connectivity index (χ3n) is 5.52. The van der Waals surface area contributed by atoms with Crippen molar-refractivity contribution >= 4 is 16.3 Å². The van der Waals surface area contributed by atoms with Gasteiger partial charge in [-0.25, -0.2) is 4.98 Å². The van der Waals surface area contributed by atoms with Crippen LogP contribution in [-0.4, -0.2) is 58.1 Å². The average Bonchev–Trinajstić information content (AvgIpc) is 3.17. The lowest BCUT2D eigenvalue weighted by Crippen LogP contribution is -2.58. The minimum absolute atomic E-state index is 0.0000253. The van der Waals surface area contributed by atoms with E-state index in [1.165, 1.54) is 16.9 Å². The monoisotopic (exact) mass is 382 g/mol. The van der Waals surface area contributed by atoms with Crippen LogP contribution < -0.4 is 5.56 Å². The smallest absolute Gasteiger partial charge is 0.258 e. The van der Waals surface area contributed by atoms with Crippen LogP contribution in [0.15, 0.2) is 52.8 Å². The Morgan fingerprint density at radius 3 is 2.96 bits per heavy atom. The van der Waals surface area contributed by atoms with Gasteiger partial charge in [0.05, 0.1) is 24.9 Å². The first kappa shape index (κ1) is 17.1. The Hall–Kier alpha value is -2.06. The number of rotatable bonds is 3. The van der Waals surface area contributed by atoms with Crippen molar-refractivity contribution in [1.29, 1.82) is 0 Å². The number of aromatic nitrogens is 2. The van der Waals surface area contributed by atoms with Gasteiger partial charge in [-0.1, -0.05) is 30.3 Å². The van der Waals surface area contributed by atoms with Crippen LogP contribution in [-0.2, 0) is 11.3 Å². The average molecular weight is 382 g/mol. The van der Waals surface area contributed by atoms with E-state index in [-0.39, 0.29) is 5.56 Å². The Labute approximate surface area is 161 Å². The zero-order valence-corrected chi connectivity index (χ0v) is 15.8. The van der Waals surface area contributed by atoms with Crippen LogP contribution in [0.2, 0.25) is 0 Å². The van der Waals surface area contributed by atoms with Gasteiger partial charge in [0.25, 0.3) is 5.56 Å². The standard InChI is InChI=1S/C20H22N4O2S/c25-19-10-16(21-20-24(19)8-9-27-20)11-22-6-7-23-17(12-22)13-26-14-18(23)15-4-2-1-3-5-15/h1-5,8-10,17-18H,6-7,11-14H2/t17-,18-/m1/s1. The van der Waals surface area contributed by atoms with E-state index in [0.717, 1.165) is 43.5 Å². The molecule has 7 heteroatoms. The van der Waals surface area contributed by atoms with Crippen molar-refractivity contribution in [2.45, 2.75) is 18.6 Å². The van der Waals surface area contributed by atoms with Gasteiger partial charge in [0.15, 0.2) is 4.96 Å². The minimum Gasteiger partial charge on any atom is -0.378 e. The molecule has 0 N–H and O–H groups in total. The highest BCUT2D eigenvalue weighted by Crippen LogP contribution is 2.29. The van der Waals surface area contributed by atoms with Gasteiger partial charge in [0.2, 0.25) is 0 Å². The molecule has 1 aromatic carbocycles. The Morgan fingerprint density at radius 1 is 1.19 bits per heavy atom. The second kappa shape index (κ2) is 7.16. The molecule has 0 radical (unpaired) electrons. The van der Waals surface area contributed by atoms with Crippen LogP contribution in [0.3, 0.4) is 0 Å². The van der Waals surface area contributed by atoms with E-state index in [0.29, 0.717) is 18.6 Å². The molecule has 27 heavy (non-hydrogen) atoms. The number of hydrogen-bond acceptors (Lipinski definition) is 6. The quantitative estimate of drug-likeness (QED) is 0.694. The summed E-state index contributed by atoms with van der Waals surface area (Å²) in [4.78, 5) is 22.6. The van der Waals surface area contributed by atoms with E-state index in [1.54, 1.807) is 16.7 Å². The van der Waals surface area contributed by atoms with Crippen molar-refractivity contribution in [1.82, 2.24) is 19.2 Å². The third-order valence-corrected chi connectivity index (χ3v) is 6.28. The van der Waals surface area contributed by atoms with E-state index in [4.69, 9.17) is 4.74 Å². The van der Waals surface area contributed by atoms with E-state index < -0.39 is 0 Å². The van der Waals surface area contributed by atoms with Crippen LogP contribution in [0.25, 0.3) is 4.96 Å². The Kier molecular flexibility index (Phi) is 4.53. The summed E-state index contributed by atoms with van der Waals surface area (Å²) in [6.07, 6.45) is 1.78. The first-order valence-corrected chi connectivity index (χ1v) is 10.2. The van der Waals surface area contributed by atoms with Gasteiger partial charge in [0.1, 0.15) is 0 Å². The Morgan fingerprint density at radius 2 is 2.07 bits per heavy atom. The maximum absolute atomic E-state index is 12.2. The summed E-state index contributed by atoms with van der Waals surface area (Å²) in [5, 5.41) is 1.90. The number of hydrogen-bond donors (Lipinski definition) is 0. The molecule has 0 unspecified atom stereocenters. The highest BCUT2D eigenvalue weighted by Gasteiger charge is 2.36. The van der Waals surface area contributed by atoms with Crippen molar-refractivity contribution in [2.75, 3.05) is 32.8 Å². The second-order valence-electron chi connectivity index (χ2n) is 7.23. The molecule has 0 bridgehead atoms. The Bertz CT molecular complexity index is 986. The van der Waals surface area contributed by atoms with Crippen LogP contribution in [0.4, 0.5) is 0 Å². The van der Waals surface area contributed by atoms with Gasteiger partial charge in [-0.2, -0.15) is 0 Å². The summed E-state index contributed by atoms with van der Waals surface area (Å²) in [7, 11) is 0. The van der Waals surface area contributed by atoms with Crippen LogP contribution >= 0.6 is 11.3 Å². The Balaban J connectivity index is 1.31. The molecular formula is C20H22N4O2S. The van der Waals surface area contributed by atoms with Crippen molar-refractivity contribution in [3.05, 3.63) is 69.6 Å². The molecule has 4 heterocycles. The molecule has 6 nitrogen and oxygen atoms in total. The maximum atomic E-state index is 12.2. The summed E-state index contributed by atoms with van der Waals surface area (Å²) < 4.78 is 7.54. The molecule has 0 amide bonds. The van der Waals surface area contributed by atoms with E-state index >= 15 is 0 Å². The number of benzene rings is 1. The lowest BCUT2D eigenvalue weighted by molar-refractivity contribution is -0.0837. The zero-order chi connectivity index (χ0) is 18.2. The highest BCUT2D eigenvalue weighted by atomic mass is 32.1. The fourth-order valence-electron chi connectivity index (χ4n) is 4.21. The first-order valence-electron chi connectivity index (χ1n) is 9.34. The van der Waals surface area contributed by atoms with Gasteiger partial charge in [0, 0.05) is 49.9 Å². The van der Waals surface area contributed by atoms with Gasteiger partial charge < -0.3 is 4.74 Å². The summed E-state index contributed by atoms with van der Waals surface area (Å²) >= 11 is 1.50. The van der Waals surface area contributed by atoms with Crippen LogP contribution in [0.1, 0.15) is 17.3 Å². The molecule has 2 atom stereocenters. The van der Waals surface area contributed by atoms with Gasteiger partial charge in [-0.05, 0) is 5.56 Å². The fraction of sp³-hybridized carbons (Fsp3) is 0.400. The summed E-state index contributed by atoms with van der Waals surface area (Å²) in [6.45, 7) is 5.16. The van der Waals surface area contributed by atoms with E-state index in [1.807, 2.05) is 5.38 Å². The van der Waals surface area contributed by atoms with Gasteiger partial charge in [-0.15, -0.1) is 11.3 Å². The number of fused-ring (bicyclic) bond motifs is 2. The second-order valence-corrected chi connectivity index (χ2v) is 8.11. The SMILES string of the molecule is O=c1cc(CN2CCN3[C@@H](COC[C@@H]3c3ccccc3)C2)nc2sccn12. The number of thiazole rings is 1. The molecule has 2 aliphatic heterocycles. The first-order chi connectivity index (χ1) is 13.3. The van der Waals surface area contributed by atoms with Crippen LogP contribution in [0.5, 0.6) is 0 Å². The molecule has 2 aromatic heterocycles. The van der Waals surface area contributed by atoms with Crippen molar-refractivity contribution < 1.29 is 4.74 Å². The van der Waals surface area contributed by atoms with E-state index in [2.05, 4.69) is 45.1 Å². The normalized spacial score (nSPS) is 24.1. The molecule has 0 aliphatic carbocycles. The van der Waals surface area contributed by atoms with Crippen molar-refractivity contribution in [3.8, 4) is 0 Å². The lowest BCUT2D eigenvalue weighted by Gasteiger charge is -2.48. The predicted octanol–water partition coefficient (Wildman–Crippen LogP) is 2.01. The van der Waals surface area contributed by atoms with Gasteiger partial charge >= 0.3 is 0 Å². The number of piperazine rings is 1. The maximum Gasteiger partial charge on any atom is 0.258 e. The molecule has 140 valence electrons. The van der Waals surface area contributed by atoms with Gasteiger partial charge in [-0.3, -0.25) is 19.0 Å². The summed E-state index contributed by atoms with van der Waals surface area (Å²) in [6, 6.07) is 13.0. The fourth-order valence-corrected chi connectivity index (χ4v) is 4.95. The number of nitrogens with zero attached hydrogens (tertiary/aromatic N) is 4. The topological polar surface area (TPSA) is 50.1 Å². The molecule has 0 spiro atoms. The molecule has 5 rings (SSSR count). The molecular weight excluding hydrogens is 360 g/mol. The largest absolute Gasteiger partial charge is 0.378 e. The number of morpholine rings is 1. The lowest BCUT2D eigenvalue weighted by atomic mass is 10.00.